The normalized spacial score (nSPS) is 10.5. The van der Waals surface area contributed by atoms with Gasteiger partial charge in [-0.15, -0.1) is 0 Å². The summed E-state index contributed by atoms with van der Waals surface area (Å²) in [5, 5.41) is 11.2. The molecule has 6 heteroatoms. The highest BCUT2D eigenvalue weighted by molar-refractivity contribution is 7.90. The summed E-state index contributed by atoms with van der Waals surface area (Å²) < 4.78 is 21.9. The molecule has 0 heterocycles. The number of nitrogens with one attached hydrogen (secondary N) is 1. The SMILES string of the molecule is CS(=O)(=O)CCCNC(=O)c1ccc(C#CCO)cc1. The number of sulfone groups is 1. The average Bonchev–Trinajstić information content (AvgIpc) is 2.40. The van der Waals surface area contributed by atoms with E-state index in [1.54, 1.807) is 24.3 Å². The van der Waals surface area contributed by atoms with Crippen LogP contribution in [0.1, 0.15) is 22.3 Å². The highest BCUT2D eigenvalue weighted by Crippen LogP contribution is 2.03. The Morgan fingerprint density at radius 1 is 1.30 bits per heavy atom. The van der Waals surface area contributed by atoms with Gasteiger partial charge < -0.3 is 10.4 Å². The Labute approximate surface area is 118 Å². The molecule has 0 radical (unpaired) electrons. The largest absolute Gasteiger partial charge is 0.384 e. The average molecular weight is 295 g/mol. The highest BCUT2D eigenvalue weighted by Gasteiger charge is 2.06. The second kappa shape index (κ2) is 7.68. The van der Waals surface area contributed by atoms with Crippen molar-refractivity contribution in [2.24, 2.45) is 0 Å². The summed E-state index contributed by atoms with van der Waals surface area (Å²) in [4.78, 5) is 11.8. The summed E-state index contributed by atoms with van der Waals surface area (Å²) in [6.07, 6.45) is 1.56. The Balaban J connectivity index is 2.48. The van der Waals surface area contributed by atoms with Crippen LogP contribution in [0, 0.1) is 11.8 Å². The van der Waals surface area contributed by atoms with Gasteiger partial charge in [0.15, 0.2) is 0 Å². The third-order valence-electron chi connectivity index (χ3n) is 2.44. The maximum Gasteiger partial charge on any atom is 0.251 e. The zero-order chi connectivity index (χ0) is 15.0. The first-order valence-corrected chi connectivity index (χ1v) is 8.14. The number of carbonyl (C=O) groups excluding carboxylic acids is 1. The van der Waals surface area contributed by atoms with Gasteiger partial charge in [0, 0.05) is 23.9 Å². The molecule has 0 saturated heterocycles. The van der Waals surface area contributed by atoms with E-state index in [9.17, 15) is 13.2 Å². The van der Waals surface area contributed by atoms with Crippen molar-refractivity contribution < 1.29 is 18.3 Å². The topological polar surface area (TPSA) is 83.5 Å². The van der Waals surface area contributed by atoms with Crippen LogP contribution in [-0.4, -0.2) is 44.6 Å². The van der Waals surface area contributed by atoms with E-state index in [0.29, 0.717) is 24.1 Å². The first-order valence-electron chi connectivity index (χ1n) is 6.08. The van der Waals surface area contributed by atoms with E-state index in [-0.39, 0.29) is 18.3 Å². The lowest BCUT2D eigenvalue weighted by atomic mass is 10.1. The fourth-order valence-electron chi connectivity index (χ4n) is 1.48. The Hall–Kier alpha value is -1.84. The number of rotatable bonds is 5. The fourth-order valence-corrected chi connectivity index (χ4v) is 2.15. The van der Waals surface area contributed by atoms with Gasteiger partial charge in [0.25, 0.3) is 5.91 Å². The maximum absolute atomic E-state index is 11.8. The second-order valence-electron chi connectivity index (χ2n) is 4.28. The van der Waals surface area contributed by atoms with Gasteiger partial charge in [0.05, 0.1) is 5.75 Å². The van der Waals surface area contributed by atoms with Gasteiger partial charge in [-0.25, -0.2) is 8.42 Å². The van der Waals surface area contributed by atoms with Crippen molar-refractivity contribution in [1.29, 1.82) is 0 Å². The van der Waals surface area contributed by atoms with E-state index in [0.717, 1.165) is 0 Å². The maximum atomic E-state index is 11.8. The van der Waals surface area contributed by atoms with Crippen molar-refractivity contribution in [3.8, 4) is 11.8 Å². The van der Waals surface area contributed by atoms with Crippen molar-refractivity contribution in [1.82, 2.24) is 5.32 Å². The van der Waals surface area contributed by atoms with Crippen LogP contribution in [0.2, 0.25) is 0 Å². The van der Waals surface area contributed by atoms with Gasteiger partial charge in [0.1, 0.15) is 16.4 Å². The molecule has 1 amide bonds. The van der Waals surface area contributed by atoms with Crippen molar-refractivity contribution in [3.63, 3.8) is 0 Å². The van der Waals surface area contributed by atoms with E-state index in [4.69, 9.17) is 5.11 Å². The fraction of sp³-hybridized carbons (Fsp3) is 0.357. The highest BCUT2D eigenvalue weighted by atomic mass is 32.2. The molecular weight excluding hydrogens is 278 g/mol. The monoisotopic (exact) mass is 295 g/mol. The molecule has 0 fully saturated rings. The summed E-state index contributed by atoms with van der Waals surface area (Å²) in [7, 11) is -2.99. The van der Waals surface area contributed by atoms with Gasteiger partial charge >= 0.3 is 0 Å². The molecule has 108 valence electrons. The van der Waals surface area contributed by atoms with Crippen LogP contribution in [0.3, 0.4) is 0 Å². The summed E-state index contributed by atoms with van der Waals surface area (Å²) >= 11 is 0. The number of carbonyl (C=O) groups is 1. The second-order valence-corrected chi connectivity index (χ2v) is 6.54. The van der Waals surface area contributed by atoms with E-state index in [2.05, 4.69) is 17.2 Å². The van der Waals surface area contributed by atoms with Gasteiger partial charge in [-0.2, -0.15) is 0 Å². The minimum absolute atomic E-state index is 0.0585. The predicted octanol–water partition coefficient (Wildman–Crippen LogP) is 0.195. The molecular formula is C14H17NO4S. The van der Waals surface area contributed by atoms with Crippen LogP contribution in [0.4, 0.5) is 0 Å². The Morgan fingerprint density at radius 3 is 2.50 bits per heavy atom. The van der Waals surface area contributed by atoms with Gasteiger partial charge in [-0.1, -0.05) is 11.8 Å². The lowest BCUT2D eigenvalue weighted by molar-refractivity contribution is 0.0953. The molecule has 1 rings (SSSR count). The molecule has 5 nitrogen and oxygen atoms in total. The molecule has 0 aliphatic heterocycles. The molecule has 20 heavy (non-hydrogen) atoms. The lowest BCUT2D eigenvalue weighted by Crippen LogP contribution is -2.25. The molecule has 1 aromatic carbocycles. The lowest BCUT2D eigenvalue weighted by Gasteiger charge is -2.04. The zero-order valence-corrected chi connectivity index (χ0v) is 12.0. The van der Waals surface area contributed by atoms with Crippen molar-refractivity contribution in [3.05, 3.63) is 35.4 Å². The van der Waals surface area contributed by atoms with Crippen LogP contribution >= 0.6 is 0 Å². The summed E-state index contributed by atoms with van der Waals surface area (Å²) in [5.74, 6) is 5.06. The number of aliphatic hydroxyl groups is 1. The molecule has 0 bridgehead atoms. The molecule has 0 aliphatic rings. The van der Waals surface area contributed by atoms with Gasteiger partial charge in [0.2, 0.25) is 0 Å². The van der Waals surface area contributed by atoms with Crippen LogP contribution in [0.25, 0.3) is 0 Å². The smallest absolute Gasteiger partial charge is 0.251 e. The Kier molecular flexibility index (Phi) is 6.22. The molecule has 1 aromatic rings. The van der Waals surface area contributed by atoms with Crippen LogP contribution in [-0.2, 0) is 9.84 Å². The quantitative estimate of drug-likeness (QED) is 0.600. The number of hydrogen-bond donors (Lipinski definition) is 2. The van der Waals surface area contributed by atoms with E-state index in [1.807, 2.05) is 0 Å². The summed E-state index contributed by atoms with van der Waals surface area (Å²) in [6.45, 7) is 0.112. The Morgan fingerprint density at radius 2 is 1.95 bits per heavy atom. The third-order valence-corrected chi connectivity index (χ3v) is 3.47. The summed E-state index contributed by atoms with van der Waals surface area (Å²) in [5.41, 5.74) is 1.20. The number of benzene rings is 1. The summed E-state index contributed by atoms with van der Waals surface area (Å²) in [6, 6.07) is 6.64. The third kappa shape index (κ3) is 6.36. The molecule has 0 spiro atoms. The van der Waals surface area contributed by atoms with E-state index in [1.165, 1.54) is 6.26 Å². The van der Waals surface area contributed by atoms with Crippen molar-refractivity contribution in [2.75, 3.05) is 25.2 Å². The zero-order valence-electron chi connectivity index (χ0n) is 11.2. The van der Waals surface area contributed by atoms with Crippen molar-refractivity contribution in [2.45, 2.75) is 6.42 Å². The van der Waals surface area contributed by atoms with Gasteiger partial charge in [-0.05, 0) is 30.7 Å². The first-order chi connectivity index (χ1) is 9.42. The number of amides is 1. The van der Waals surface area contributed by atoms with Gasteiger partial charge in [-0.3, -0.25) is 4.79 Å². The Bertz CT molecular complexity index is 609. The number of aliphatic hydroxyl groups excluding tert-OH is 1. The van der Waals surface area contributed by atoms with Crippen LogP contribution in [0.5, 0.6) is 0 Å². The molecule has 0 aromatic heterocycles. The molecule has 0 aliphatic carbocycles. The number of hydrogen-bond acceptors (Lipinski definition) is 4. The van der Waals surface area contributed by atoms with E-state index >= 15 is 0 Å². The molecule has 2 N–H and O–H groups in total. The molecule has 0 atom stereocenters. The first kappa shape index (κ1) is 16.2. The van der Waals surface area contributed by atoms with E-state index < -0.39 is 9.84 Å². The van der Waals surface area contributed by atoms with Crippen molar-refractivity contribution >= 4 is 15.7 Å². The van der Waals surface area contributed by atoms with Crippen LogP contribution in [0.15, 0.2) is 24.3 Å². The molecule has 0 saturated carbocycles. The van der Waals surface area contributed by atoms with Crippen LogP contribution < -0.4 is 5.32 Å². The standard InChI is InChI=1S/C14H17NO4S/c1-20(18,19)11-3-9-15-14(17)13-7-5-12(6-8-13)4-2-10-16/h5-8,16H,3,9-11H2,1H3,(H,15,17). The minimum Gasteiger partial charge on any atom is -0.384 e. The molecule has 0 unspecified atom stereocenters. The predicted molar refractivity (Wildman–Crippen MR) is 77.1 cm³/mol. The minimum atomic E-state index is -2.99.